The highest BCUT2D eigenvalue weighted by molar-refractivity contribution is 5.81. The second-order valence-corrected chi connectivity index (χ2v) is 17.2. The Bertz CT molecular complexity index is 2460. The van der Waals surface area contributed by atoms with E-state index in [1.54, 1.807) is 0 Å². The minimum Gasteiger partial charge on any atom is -0.457 e. The summed E-state index contributed by atoms with van der Waals surface area (Å²) in [6.07, 6.45) is 6.89. The Labute approximate surface area is 308 Å². The van der Waals surface area contributed by atoms with E-state index in [9.17, 15) is 5.48 Å². The lowest BCUT2D eigenvalue weighted by Gasteiger charge is -2.63. The van der Waals surface area contributed by atoms with Crippen LogP contribution in [0, 0.1) is 23.7 Å². The van der Waals surface area contributed by atoms with Crippen molar-refractivity contribution in [2.24, 2.45) is 23.7 Å². The van der Waals surface area contributed by atoms with Gasteiger partial charge in [0.25, 0.3) is 0 Å². The maximum Gasteiger partial charge on any atom is 0.131 e. The Balaban J connectivity index is 1.26. The topological polar surface area (TPSA) is 12.5 Å². The summed E-state index contributed by atoms with van der Waals surface area (Å²) in [7, 11) is 0. The fraction of sp³-hybridized carbons (Fsp3) is 0.375. The molecular formula is C48H49NO. The largest absolute Gasteiger partial charge is 0.457 e. The maximum absolute atomic E-state index is 10.4. The van der Waals surface area contributed by atoms with E-state index in [2.05, 4.69) is 70.2 Å². The first-order valence-corrected chi connectivity index (χ1v) is 18.7. The van der Waals surface area contributed by atoms with Crippen LogP contribution in [0.25, 0.3) is 11.1 Å². The van der Waals surface area contributed by atoms with Gasteiger partial charge in [0, 0.05) is 33.6 Å². The zero-order chi connectivity index (χ0) is 39.9. The normalized spacial score (nSPS) is 29.6. The van der Waals surface area contributed by atoms with Gasteiger partial charge in [-0.3, -0.25) is 0 Å². The molecule has 0 amide bonds. The second kappa shape index (κ2) is 10.8. The molecule has 4 saturated carbocycles. The molecule has 5 aliphatic carbocycles. The summed E-state index contributed by atoms with van der Waals surface area (Å²) in [5.74, 6) is 1.28. The van der Waals surface area contributed by atoms with Crippen molar-refractivity contribution in [3.8, 4) is 22.6 Å². The number of ether oxygens (including phenoxy) is 1. The van der Waals surface area contributed by atoms with Crippen molar-refractivity contribution in [3.63, 3.8) is 0 Å². The average molecular weight is 663 g/mol. The molecule has 0 unspecified atom stereocenters. The summed E-state index contributed by atoms with van der Waals surface area (Å²) in [4.78, 5) is 2.00. The maximum atomic E-state index is 10.4. The van der Waals surface area contributed by atoms with Gasteiger partial charge >= 0.3 is 0 Å². The van der Waals surface area contributed by atoms with E-state index in [1.165, 1.54) is 17.5 Å². The number of para-hydroxylation sites is 1. The van der Waals surface area contributed by atoms with Gasteiger partial charge in [0.15, 0.2) is 0 Å². The molecular weight excluding hydrogens is 607 g/mol. The molecule has 0 N–H and O–H groups in total. The number of anilines is 3. The standard InChI is InChI=1S/C48H49NO/c1-46(2)22-23-47(3,4)42-29-38(18-20-40(42)46)49(37-16-14-34(15-17-37)33-10-6-5-7-11-33)39-19-21-45-43(30-39)48(41-12-8-9-13-44(41)50-45)35-25-31-24-32(27-35)28-36(48)26-31/h5-21,29-32,35-36H,22-28H2,1-4H3/i8D,9D,12D,13D,19D,21D,30D. The van der Waals surface area contributed by atoms with Gasteiger partial charge in [-0.15, -0.1) is 0 Å². The first kappa shape index (κ1) is 24.0. The summed E-state index contributed by atoms with van der Waals surface area (Å²) in [6, 6.07) is 23.8. The highest BCUT2D eigenvalue weighted by Crippen LogP contribution is 2.69. The van der Waals surface area contributed by atoms with Crippen molar-refractivity contribution in [2.45, 2.75) is 88.9 Å². The van der Waals surface area contributed by atoms with Crippen molar-refractivity contribution in [2.75, 3.05) is 4.90 Å². The number of nitrogens with zero attached hydrogens (tertiary/aromatic N) is 1. The van der Waals surface area contributed by atoms with Crippen molar-refractivity contribution in [3.05, 3.63) is 137 Å². The summed E-state index contributed by atoms with van der Waals surface area (Å²) < 4.78 is 72.5. The number of hydrogen-bond acceptors (Lipinski definition) is 2. The molecule has 2 nitrogen and oxygen atoms in total. The van der Waals surface area contributed by atoms with Crippen LogP contribution in [0.2, 0.25) is 0 Å². The lowest BCUT2D eigenvalue weighted by atomic mass is 9.42. The molecule has 0 saturated heterocycles. The monoisotopic (exact) mass is 662 g/mol. The molecule has 252 valence electrons. The summed E-state index contributed by atoms with van der Waals surface area (Å²) >= 11 is 0. The molecule has 1 aliphatic heterocycles. The van der Waals surface area contributed by atoms with Crippen molar-refractivity contribution < 1.29 is 14.3 Å². The molecule has 0 aromatic heterocycles. The molecule has 6 aliphatic rings. The zero-order valence-corrected chi connectivity index (χ0v) is 29.5. The first-order valence-electron chi connectivity index (χ1n) is 22.2. The van der Waals surface area contributed by atoms with Gasteiger partial charge in [-0.25, -0.2) is 0 Å². The van der Waals surface area contributed by atoms with Crippen LogP contribution in [0.5, 0.6) is 11.5 Å². The Morgan fingerprint density at radius 3 is 1.92 bits per heavy atom. The molecule has 1 heterocycles. The van der Waals surface area contributed by atoms with Crippen molar-refractivity contribution in [1.29, 1.82) is 0 Å². The van der Waals surface area contributed by atoms with E-state index >= 15 is 0 Å². The highest BCUT2D eigenvalue weighted by atomic mass is 16.5. The smallest absolute Gasteiger partial charge is 0.131 e. The third-order valence-electron chi connectivity index (χ3n) is 13.4. The Morgan fingerprint density at radius 2 is 1.20 bits per heavy atom. The lowest BCUT2D eigenvalue weighted by molar-refractivity contribution is -0.0452. The predicted octanol–water partition coefficient (Wildman–Crippen LogP) is 13.0. The van der Waals surface area contributed by atoms with Gasteiger partial charge in [-0.05, 0) is 150 Å². The SMILES string of the molecule is [2H]c1c([2H])c([2H])c2c(c1[2H])Oc1c([2H])c([2H])c(N(c3ccc(-c4ccccc4)cc3)c3ccc4c(c3)C(C)(C)CCC4(C)C)c([2H])c1C21C2CC3CC(C2)CC1C3. The molecule has 11 rings (SSSR count). The van der Waals surface area contributed by atoms with E-state index in [1.807, 2.05) is 35.2 Å². The molecule has 5 aromatic carbocycles. The van der Waals surface area contributed by atoms with E-state index in [0.29, 0.717) is 28.7 Å². The minimum atomic E-state index is -0.952. The molecule has 0 radical (unpaired) electrons. The lowest BCUT2D eigenvalue weighted by Crippen LogP contribution is -2.57. The fourth-order valence-electron chi connectivity index (χ4n) is 11.1. The highest BCUT2D eigenvalue weighted by Gasteiger charge is 2.61. The van der Waals surface area contributed by atoms with Crippen molar-refractivity contribution >= 4 is 17.1 Å². The van der Waals surface area contributed by atoms with E-state index in [-0.39, 0.29) is 76.5 Å². The molecule has 1 spiro atoms. The van der Waals surface area contributed by atoms with Crippen LogP contribution in [0.4, 0.5) is 17.1 Å². The van der Waals surface area contributed by atoms with Crippen LogP contribution < -0.4 is 9.64 Å². The van der Waals surface area contributed by atoms with E-state index in [4.69, 9.17) is 8.85 Å². The van der Waals surface area contributed by atoms with Gasteiger partial charge in [-0.2, -0.15) is 0 Å². The van der Waals surface area contributed by atoms with Gasteiger partial charge in [0.05, 0.1) is 9.60 Å². The van der Waals surface area contributed by atoms with Crippen LogP contribution >= 0.6 is 0 Å². The number of hydrogen-bond donors (Lipinski definition) is 0. The van der Waals surface area contributed by atoms with Gasteiger partial charge < -0.3 is 9.64 Å². The molecule has 4 fully saturated rings. The van der Waals surface area contributed by atoms with Gasteiger partial charge in [0.1, 0.15) is 11.5 Å². The summed E-state index contributed by atoms with van der Waals surface area (Å²) in [6.45, 7) is 9.20. The quantitative estimate of drug-likeness (QED) is 0.190. The minimum absolute atomic E-state index is 0.0102. The second-order valence-electron chi connectivity index (χ2n) is 17.2. The Hall–Kier alpha value is -4.30. The van der Waals surface area contributed by atoms with Crippen LogP contribution in [-0.4, -0.2) is 0 Å². The zero-order valence-electron chi connectivity index (χ0n) is 36.5. The van der Waals surface area contributed by atoms with Crippen LogP contribution in [0.1, 0.15) is 104 Å². The summed E-state index contributed by atoms with van der Waals surface area (Å²) in [5.41, 5.74) is 6.46. The van der Waals surface area contributed by atoms with Gasteiger partial charge in [0.2, 0.25) is 0 Å². The Morgan fingerprint density at radius 1 is 0.580 bits per heavy atom. The van der Waals surface area contributed by atoms with E-state index < -0.39 is 5.41 Å². The number of benzene rings is 5. The molecule has 50 heavy (non-hydrogen) atoms. The Kier molecular flexibility index (Phi) is 5.20. The third-order valence-corrected chi connectivity index (χ3v) is 13.4. The first-order chi connectivity index (χ1) is 27.1. The fourth-order valence-corrected chi connectivity index (χ4v) is 11.1. The van der Waals surface area contributed by atoms with Crippen LogP contribution in [0.3, 0.4) is 0 Å². The average Bonchev–Trinajstić information content (AvgIpc) is 3.20. The van der Waals surface area contributed by atoms with Gasteiger partial charge in [-0.1, -0.05) is 94.4 Å². The van der Waals surface area contributed by atoms with Crippen LogP contribution in [0.15, 0.2) is 115 Å². The summed E-state index contributed by atoms with van der Waals surface area (Å²) in [5, 5.41) is 0. The third kappa shape index (κ3) is 4.46. The molecule has 5 aromatic rings. The molecule has 2 heteroatoms. The molecule has 4 bridgehead atoms. The molecule has 0 atom stereocenters. The number of rotatable bonds is 4. The number of fused-ring (bicyclic) bond motifs is 3. The van der Waals surface area contributed by atoms with Crippen LogP contribution in [-0.2, 0) is 16.2 Å². The van der Waals surface area contributed by atoms with Crippen molar-refractivity contribution in [1.82, 2.24) is 0 Å². The van der Waals surface area contributed by atoms with E-state index in [0.717, 1.165) is 61.0 Å². The predicted molar refractivity (Wildman–Crippen MR) is 206 cm³/mol.